The average molecular weight is 351 g/mol. The number of nitrogens with zero attached hydrogens (tertiary/aromatic N) is 4. The monoisotopic (exact) mass is 350 g/mol. The topological polar surface area (TPSA) is 49.3 Å². The van der Waals surface area contributed by atoms with Gasteiger partial charge in [0, 0.05) is 44.1 Å². The van der Waals surface area contributed by atoms with Gasteiger partial charge in [-0.05, 0) is 12.5 Å². The van der Waals surface area contributed by atoms with Crippen molar-refractivity contribution in [3.63, 3.8) is 0 Å². The lowest BCUT2D eigenvalue weighted by molar-refractivity contribution is -0.130. The fraction of sp³-hybridized carbons (Fsp3) is 0.438. The van der Waals surface area contributed by atoms with Gasteiger partial charge in [0.1, 0.15) is 11.2 Å². The van der Waals surface area contributed by atoms with Crippen LogP contribution in [0.15, 0.2) is 30.3 Å². The third kappa shape index (κ3) is 4.00. The molecule has 0 N–H and O–H groups in total. The highest BCUT2D eigenvalue weighted by atomic mass is 35.5. The Morgan fingerprint density at radius 2 is 1.96 bits per heavy atom. The van der Waals surface area contributed by atoms with Crippen LogP contribution in [0.5, 0.6) is 0 Å². The van der Waals surface area contributed by atoms with E-state index in [0.717, 1.165) is 30.5 Å². The lowest BCUT2D eigenvalue weighted by Gasteiger charge is -2.34. The summed E-state index contributed by atoms with van der Waals surface area (Å²) in [6.07, 6.45) is 0.750. The molecule has 0 spiro atoms. The van der Waals surface area contributed by atoms with Crippen molar-refractivity contribution in [3.8, 4) is 0 Å². The first-order valence-electron chi connectivity index (χ1n) is 7.68. The number of carbonyl (C=O) groups is 1. The van der Waals surface area contributed by atoms with Crippen molar-refractivity contribution in [1.29, 1.82) is 0 Å². The number of alkyl halides is 1. The summed E-state index contributed by atoms with van der Waals surface area (Å²) in [5.74, 6) is 0.859. The van der Waals surface area contributed by atoms with E-state index in [-0.39, 0.29) is 5.91 Å². The quantitative estimate of drug-likeness (QED) is 0.794. The van der Waals surface area contributed by atoms with Crippen LogP contribution >= 0.6 is 23.1 Å². The molecule has 3 rings (SSSR count). The van der Waals surface area contributed by atoms with E-state index in [2.05, 4.69) is 26.4 Å². The second kappa shape index (κ2) is 7.27. The molecule has 7 heteroatoms. The van der Waals surface area contributed by atoms with Gasteiger partial charge in [-0.1, -0.05) is 30.3 Å². The Morgan fingerprint density at radius 1 is 1.26 bits per heavy atom. The average Bonchev–Trinajstić information content (AvgIpc) is 3.03. The number of hydrogen-bond donors (Lipinski definition) is 0. The number of carbonyl (C=O) groups excluding carboxylic acids is 1. The maximum Gasteiger partial charge on any atom is 0.240 e. The Balaban J connectivity index is 1.58. The Bertz CT molecular complexity index is 653. The summed E-state index contributed by atoms with van der Waals surface area (Å²) >= 11 is 7.30. The highest BCUT2D eigenvalue weighted by molar-refractivity contribution is 7.09. The number of amides is 1. The lowest BCUT2D eigenvalue weighted by Crippen LogP contribution is -2.50. The molecule has 1 aromatic carbocycles. The molecule has 23 heavy (non-hydrogen) atoms. The maximum atomic E-state index is 11.9. The van der Waals surface area contributed by atoms with Gasteiger partial charge in [0.05, 0.1) is 0 Å². The molecule has 5 nitrogen and oxygen atoms in total. The van der Waals surface area contributed by atoms with Crippen molar-refractivity contribution in [2.45, 2.75) is 18.7 Å². The van der Waals surface area contributed by atoms with E-state index in [9.17, 15) is 4.79 Å². The molecule has 2 heterocycles. The van der Waals surface area contributed by atoms with E-state index in [1.54, 1.807) is 6.92 Å². The standard InChI is InChI=1S/C16H19ClN4OS/c1-12(17)15(22)20-7-9-21(10-8-20)16-18-14(19-23-16)11-13-5-3-2-4-6-13/h2-6,12H,7-11H2,1H3. The molecule has 0 bridgehead atoms. The molecule has 1 unspecified atom stereocenters. The zero-order chi connectivity index (χ0) is 16.2. The van der Waals surface area contributed by atoms with Gasteiger partial charge in [-0.2, -0.15) is 4.37 Å². The van der Waals surface area contributed by atoms with Gasteiger partial charge in [-0.25, -0.2) is 4.98 Å². The molecule has 1 amide bonds. The van der Waals surface area contributed by atoms with Crippen LogP contribution in [0, 0.1) is 0 Å². The fourth-order valence-corrected chi connectivity index (χ4v) is 3.47. The second-order valence-corrected chi connectivity index (χ2v) is 6.97. The predicted octanol–water partition coefficient (Wildman–Crippen LogP) is 2.40. The summed E-state index contributed by atoms with van der Waals surface area (Å²) in [6, 6.07) is 10.2. The van der Waals surface area contributed by atoms with Gasteiger partial charge in [0.25, 0.3) is 0 Å². The van der Waals surface area contributed by atoms with Gasteiger partial charge >= 0.3 is 0 Å². The normalized spacial score (nSPS) is 16.4. The van der Waals surface area contributed by atoms with Crippen molar-refractivity contribution in [3.05, 3.63) is 41.7 Å². The number of piperazine rings is 1. The molecular weight excluding hydrogens is 332 g/mol. The van der Waals surface area contributed by atoms with Crippen molar-refractivity contribution >= 4 is 34.2 Å². The number of hydrogen-bond acceptors (Lipinski definition) is 5. The van der Waals surface area contributed by atoms with Crippen LogP contribution in [0.2, 0.25) is 0 Å². The van der Waals surface area contributed by atoms with Crippen LogP contribution in [-0.2, 0) is 11.2 Å². The van der Waals surface area contributed by atoms with Crippen molar-refractivity contribution in [2.75, 3.05) is 31.1 Å². The van der Waals surface area contributed by atoms with Crippen LogP contribution in [0.25, 0.3) is 0 Å². The summed E-state index contributed by atoms with van der Waals surface area (Å²) in [7, 11) is 0. The smallest absolute Gasteiger partial charge is 0.240 e. The molecule has 0 aliphatic carbocycles. The Labute approximate surface area is 145 Å². The van der Waals surface area contributed by atoms with E-state index >= 15 is 0 Å². The van der Waals surface area contributed by atoms with Gasteiger partial charge < -0.3 is 9.80 Å². The summed E-state index contributed by atoms with van der Waals surface area (Å²) in [4.78, 5) is 20.5. The van der Waals surface area contributed by atoms with Gasteiger partial charge in [-0.3, -0.25) is 4.79 Å². The van der Waals surface area contributed by atoms with E-state index in [0.29, 0.717) is 13.1 Å². The molecule has 1 atom stereocenters. The first-order chi connectivity index (χ1) is 11.1. The zero-order valence-electron chi connectivity index (χ0n) is 13.0. The largest absolute Gasteiger partial charge is 0.343 e. The van der Waals surface area contributed by atoms with Crippen LogP contribution < -0.4 is 4.90 Å². The molecule has 0 saturated carbocycles. The van der Waals surface area contributed by atoms with Crippen LogP contribution in [0.3, 0.4) is 0 Å². The third-order valence-corrected chi connectivity index (χ3v) is 4.87. The number of aromatic nitrogens is 2. The first-order valence-corrected chi connectivity index (χ1v) is 8.89. The Kier molecular flexibility index (Phi) is 5.13. The van der Waals surface area contributed by atoms with E-state index in [4.69, 9.17) is 11.6 Å². The predicted molar refractivity (Wildman–Crippen MR) is 93.3 cm³/mol. The van der Waals surface area contributed by atoms with Crippen molar-refractivity contribution in [2.24, 2.45) is 0 Å². The first kappa shape index (κ1) is 16.2. The fourth-order valence-electron chi connectivity index (χ4n) is 2.59. The number of halogens is 1. The summed E-state index contributed by atoms with van der Waals surface area (Å²) in [5, 5.41) is 0.475. The lowest BCUT2D eigenvalue weighted by atomic mass is 10.1. The number of anilines is 1. The van der Waals surface area contributed by atoms with Crippen LogP contribution in [0.1, 0.15) is 18.3 Å². The minimum absolute atomic E-state index is 0.00773. The minimum Gasteiger partial charge on any atom is -0.343 e. The van der Waals surface area contributed by atoms with Crippen LogP contribution in [0.4, 0.5) is 5.13 Å². The molecule has 2 aromatic rings. The van der Waals surface area contributed by atoms with Gasteiger partial charge in [-0.15, -0.1) is 11.6 Å². The zero-order valence-corrected chi connectivity index (χ0v) is 14.6. The maximum absolute atomic E-state index is 11.9. The SMILES string of the molecule is CC(Cl)C(=O)N1CCN(c2nc(Cc3ccccc3)ns2)CC1. The molecule has 1 aromatic heterocycles. The van der Waals surface area contributed by atoms with Gasteiger partial charge in [0.15, 0.2) is 0 Å². The van der Waals surface area contributed by atoms with E-state index < -0.39 is 5.38 Å². The molecule has 1 aliphatic heterocycles. The molecule has 1 saturated heterocycles. The highest BCUT2D eigenvalue weighted by Crippen LogP contribution is 2.21. The second-order valence-electron chi connectivity index (χ2n) is 5.58. The minimum atomic E-state index is -0.458. The molecule has 1 aliphatic rings. The van der Waals surface area contributed by atoms with Crippen molar-refractivity contribution in [1.82, 2.24) is 14.3 Å². The van der Waals surface area contributed by atoms with Crippen LogP contribution in [-0.4, -0.2) is 51.7 Å². The van der Waals surface area contributed by atoms with E-state index in [1.807, 2.05) is 23.1 Å². The third-order valence-electron chi connectivity index (χ3n) is 3.86. The highest BCUT2D eigenvalue weighted by Gasteiger charge is 2.25. The summed E-state index contributed by atoms with van der Waals surface area (Å²) < 4.78 is 4.46. The summed E-state index contributed by atoms with van der Waals surface area (Å²) in [5.41, 5.74) is 1.21. The Hall–Kier alpha value is -1.66. The molecule has 0 radical (unpaired) electrons. The molecular formula is C16H19ClN4OS. The summed E-state index contributed by atoms with van der Waals surface area (Å²) in [6.45, 7) is 4.63. The number of benzene rings is 1. The van der Waals surface area contributed by atoms with Crippen molar-refractivity contribution < 1.29 is 4.79 Å². The van der Waals surface area contributed by atoms with E-state index in [1.165, 1.54) is 17.1 Å². The van der Waals surface area contributed by atoms with Gasteiger partial charge in [0.2, 0.25) is 11.0 Å². The molecule has 122 valence electrons. The number of rotatable bonds is 4. The Morgan fingerprint density at radius 3 is 2.61 bits per heavy atom. The molecule has 1 fully saturated rings.